The first-order valence-corrected chi connectivity index (χ1v) is 9.19. The fraction of sp³-hybridized carbons (Fsp3) is 0.364. The second kappa shape index (κ2) is 9.76. The number of carbonyl (C=O) groups excluding carboxylic acids is 2. The molecule has 0 aliphatic rings. The third kappa shape index (κ3) is 5.84. The van der Waals surface area contributed by atoms with E-state index in [0.717, 1.165) is 6.42 Å². The van der Waals surface area contributed by atoms with Crippen molar-refractivity contribution < 1.29 is 14.3 Å². The number of aryl methyl sites for hydroxylation is 1. The van der Waals surface area contributed by atoms with Gasteiger partial charge >= 0.3 is 0 Å². The summed E-state index contributed by atoms with van der Waals surface area (Å²) in [5.74, 6) is 0.220. The highest BCUT2D eigenvalue weighted by molar-refractivity contribution is 5.97. The van der Waals surface area contributed by atoms with Crippen LogP contribution in [0.5, 0.6) is 5.75 Å². The van der Waals surface area contributed by atoms with E-state index in [4.69, 9.17) is 4.74 Å². The Hall–Kier alpha value is -2.82. The van der Waals surface area contributed by atoms with E-state index in [1.54, 1.807) is 31.4 Å². The monoisotopic (exact) mass is 368 g/mol. The Balaban J connectivity index is 1.93. The van der Waals surface area contributed by atoms with E-state index in [1.807, 2.05) is 26.0 Å². The number of benzene rings is 2. The Kier molecular flexibility index (Phi) is 7.41. The topological polar surface area (TPSA) is 67.4 Å². The molecule has 0 spiro atoms. The zero-order valence-electron chi connectivity index (χ0n) is 16.4. The average Bonchev–Trinajstić information content (AvgIpc) is 2.67. The molecule has 2 amide bonds. The maximum absolute atomic E-state index is 12.6. The van der Waals surface area contributed by atoms with Crippen LogP contribution in [-0.4, -0.2) is 31.5 Å². The quantitative estimate of drug-likeness (QED) is 0.752. The average molecular weight is 368 g/mol. The molecule has 0 heterocycles. The normalized spacial score (nSPS) is 11.7. The van der Waals surface area contributed by atoms with Gasteiger partial charge in [-0.1, -0.05) is 38.1 Å². The van der Waals surface area contributed by atoms with Gasteiger partial charge in [0.2, 0.25) is 5.91 Å². The lowest BCUT2D eigenvalue weighted by atomic mass is 10.0. The number of nitrogens with one attached hydrogen (secondary N) is 2. The van der Waals surface area contributed by atoms with Gasteiger partial charge in [0, 0.05) is 12.1 Å². The number of hydrogen-bond acceptors (Lipinski definition) is 3. The van der Waals surface area contributed by atoms with Crippen LogP contribution in [-0.2, 0) is 11.2 Å². The zero-order chi connectivity index (χ0) is 19.8. The Labute approximate surface area is 161 Å². The Morgan fingerprint density at radius 2 is 1.70 bits per heavy atom. The van der Waals surface area contributed by atoms with Crippen LogP contribution in [0.2, 0.25) is 0 Å². The van der Waals surface area contributed by atoms with Crippen molar-refractivity contribution >= 4 is 11.8 Å². The molecule has 144 valence electrons. The number of amides is 2. The summed E-state index contributed by atoms with van der Waals surface area (Å²) >= 11 is 0. The molecule has 0 aliphatic heterocycles. The largest absolute Gasteiger partial charge is 0.497 e. The molecule has 0 saturated heterocycles. The lowest BCUT2D eigenvalue weighted by molar-refractivity contribution is -0.123. The van der Waals surface area contributed by atoms with E-state index in [2.05, 4.69) is 29.7 Å². The van der Waals surface area contributed by atoms with Gasteiger partial charge < -0.3 is 15.4 Å². The van der Waals surface area contributed by atoms with Crippen LogP contribution in [0.1, 0.15) is 35.3 Å². The lowest BCUT2D eigenvalue weighted by Gasteiger charge is -2.22. The van der Waals surface area contributed by atoms with E-state index in [0.29, 0.717) is 17.9 Å². The first-order valence-electron chi connectivity index (χ1n) is 9.19. The third-order valence-corrected chi connectivity index (χ3v) is 4.54. The van der Waals surface area contributed by atoms with Gasteiger partial charge in [-0.2, -0.15) is 0 Å². The summed E-state index contributed by atoms with van der Waals surface area (Å²) in [4.78, 5) is 25.1. The summed E-state index contributed by atoms with van der Waals surface area (Å²) in [6, 6.07) is 14.3. The zero-order valence-corrected chi connectivity index (χ0v) is 16.4. The summed E-state index contributed by atoms with van der Waals surface area (Å²) in [7, 11) is 1.57. The summed E-state index contributed by atoms with van der Waals surface area (Å²) < 4.78 is 5.10. The van der Waals surface area contributed by atoms with Gasteiger partial charge in [0.1, 0.15) is 11.8 Å². The molecule has 2 rings (SSSR count). The van der Waals surface area contributed by atoms with Crippen molar-refractivity contribution in [2.75, 3.05) is 13.7 Å². The minimum atomic E-state index is -0.587. The molecule has 0 bridgehead atoms. The molecule has 5 nitrogen and oxygen atoms in total. The number of methoxy groups -OCH3 is 1. The van der Waals surface area contributed by atoms with Crippen LogP contribution >= 0.6 is 0 Å². The van der Waals surface area contributed by atoms with Gasteiger partial charge in [0.15, 0.2) is 0 Å². The molecule has 1 unspecified atom stereocenters. The minimum Gasteiger partial charge on any atom is -0.497 e. The highest BCUT2D eigenvalue weighted by Crippen LogP contribution is 2.12. The first kappa shape index (κ1) is 20.5. The molecule has 0 saturated carbocycles. The predicted molar refractivity (Wildman–Crippen MR) is 107 cm³/mol. The van der Waals surface area contributed by atoms with Crippen LogP contribution in [0, 0.1) is 12.8 Å². The van der Waals surface area contributed by atoms with Crippen molar-refractivity contribution in [3.63, 3.8) is 0 Å². The molecule has 2 N–H and O–H groups in total. The molecule has 2 aromatic rings. The minimum absolute atomic E-state index is 0.0225. The van der Waals surface area contributed by atoms with Crippen LogP contribution < -0.4 is 15.4 Å². The summed E-state index contributed by atoms with van der Waals surface area (Å²) in [5.41, 5.74) is 2.91. The van der Waals surface area contributed by atoms with Crippen molar-refractivity contribution in [2.24, 2.45) is 5.92 Å². The first-order chi connectivity index (χ1) is 12.9. The van der Waals surface area contributed by atoms with Crippen LogP contribution in [0.3, 0.4) is 0 Å². The van der Waals surface area contributed by atoms with Crippen molar-refractivity contribution in [3.05, 3.63) is 65.2 Å². The van der Waals surface area contributed by atoms with Gasteiger partial charge in [-0.3, -0.25) is 9.59 Å². The Bertz CT molecular complexity index is 769. The molecule has 0 fully saturated rings. The van der Waals surface area contributed by atoms with E-state index < -0.39 is 6.04 Å². The molecule has 27 heavy (non-hydrogen) atoms. The lowest BCUT2D eigenvalue weighted by Crippen LogP contribution is -2.50. The van der Waals surface area contributed by atoms with E-state index >= 15 is 0 Å². The number of rotatable bonds is 8. The van der Waals surface area contributed by atoms with E-state index in [-0.39, 0.29) is 17.7 Å². The molecule has 0 aliphatic carbocycles. The number of hydrogen-bond donors (Lipinski definition) is 2. The van der Waals surface area contributed by atoms with Gasteiger partial charge in [-0.15, -0.1) is 0 Å². The molecular formula is C22H28N2O3. The van der Waals surface area contributed by atoms with Crippen LogP contribution in [0.4, 0.5) is 0 Å². The molecule has 2 aromatic carbocycles. The van der Waals surface area contributed by atoms with Crippen molar-refractivity contribution in [3.8, 4) is 5.75 Å². The van der Waals surface area contributed by atoms with Gasteiger partial charge in [-0.25, -0.2) is 0 Å². The molecule has 0 aromatic heterocycles. The second-order valence-electron chi connectivity index (χ2n) is 6.89. The predicted octanol–water partition coefficient (Wildman–Crippen LogP) is 3.12. The highest BCUT2D eigenvalue weighted by atomic mass is 16.5. The van der Waals surface area contributed by atoms with Gasteiger partial charge in [-0.05, 0) is 54.7 Å². The number of carbonyl (C=O) groups is 2. The smallest absolute Gasteiger partial charge is 0.251 e. The summed E-state index contributed by atoms with van der Waals surface area (Å²) in [6.07, 6.45) is 0.760. The highest BCUT2D eigenvalue weighted by Gasteiger charge is 2.24. The molecular weight excluding hydrogens is 340 g/mol. The molecule has 0 radical (unpaired) electrons. The fourth-order valence-corrected chi connectivity index (χ4v) is 2.82. The van der Waals surface area contributed by atoms with E-state index in [9.17, 15) is 9.59 Å². The second-order valence-corrected chi connectivity index (χ2v) is 6.89. The molecule has 5 heteroatoms. The molecule has 1 atom stereocenters. The SMILES string of the molecule is COc1ccc(C(=O)NC(C(=O)NCCc2ccccc2C)C(C)C)cc1. The third-order valence-electron chi connectivity index (χ3n) is 4.54. The maximum Gasteiger partial charge on any atom is 0.251 e. The Morgan fingerprint density at radius 1 is 1.04 bits per heavy atom. The maximum atomic E-state index is 12.6. The Morgan fingerprint density at radius 3 is 2.30 bits per heavy atom. The summed E-state index contributed by atoms with van der Waals surface area (Å²) in [6.45, 7) is 6.42. The van der Waals surface area contributed by atoms with Crippen LogP contribution in [0.25, 0.3) is 0 Å². The van der Waals surface area contributed by atoms with E-state index in [1.165, 1.54) is 11.1 Å². The standard InChI is InChI=1S/C22H28N2O3/c1-15(2)20(24-21(25)18-9-11-19(27-4)12-10-18)22(26)23-14-13-17-8-6-5-7-16(17)3/h5-12,15,20H,13-14H2,1-4H3,(H,23,26)(H,24,25). The van der Waals surface area contributed by atoms with Crippen molar-refractivity contribution in [1.29, 1.82) is 0 Å². The number of ether oxygens (including phenoxy) is 1. The van der Waals surface area contributed by atoms with Crippen LogP contribution in [0.15, 0.2) is 48.5 Å². The van der Waals surface area contributed by atoms with Crippen molar-refractivity contribution in [2.45, 2.75) is 33.2 Å². The fourth-order valence-electron chi connectivity index (χ4n) is 2.82. The van der Waals surface area contributed by atoms with Crippen molar-refractivity contribution in [1.82, 2.24) is 10.6 Å². The summed E-state index contributed by atoms with van der Waals surface area (Å²) in [5, 5.41) is 5.78. The van der Waals surface area contributed by atoms with Gasteiger partial charge in [0.25, 0.3) is 5.91 Å². The van der Waals surface area contributed by atoms with Gasteiger partial charge in [0.05, 0.1) is 7.11 Å².